The highest BCUT2D eigenvalue weighted by atomic mass is 32.1. The average molecular weight is 494 g/mol. The van der Waals surface area contributed by atoms with E-state index in [1.165, 1.54) is 16.2 Å². The minimum absolute atomic E-state index is 0.158. The number of thiophene rings is 1. The van der Waals surface area contributed by atoms with Crippen LogP contribution in [0.2, 0.25) is 0 Å². The van der Waals surface area contributed by atoms with Crippen molar-refractivity contribution < 1.29 is 22.9 Å². The number of hydrogen-bond acceptors (Lipinski definition) is 7. The molecule has 8 nitrogen and oxygen atoms in total. The van der Waals surface area contributed by atoms with E-state index in [4.69, 9.17) is 0 Å². The molecule has 1 N–H and O–H groups in total. The Kier molecular flexibility index (Phi) is 6.77. The SMILES string of the molecule is N#Cc1c(NC(=O)CCN2CCN(c3ccc(C(F)(F)F)cc3[N+](=O)[O-])CC2)sc2c1CCC2. The number of aryl methyl sites for hydroxylation is 1. The molecule has 0 bridgehead atoms. The highest BCUT2D eigenvalue weighted by molar-refractivity contribution is 7.16. The van der Waals surface area contributed by atoms with Gasteiger partial charge in [-0.15, -0.1) is 11.3 Å². The van der Waals surface area contributed by atoms with Crippen molar-refractivity contribution in [2.75, 3.05) is 42.9 Å². The summed E-state index contributed by atoms with van der Waals surface area (Å²) < 4.78 is 38.8. The fraction of sp³-hybridized carbons (Fsp3) is 0.455. The maximum atomic E-state index is 12.9. The number of halogens is 3. The van der Waals surface area contributed by atoms with Crippen molar-refractivity contribution in [1.29, 1.82) is 5.26 Å². The van der Waals surface area contributed by atoms with Crippen LogP contribution in [-0.4, -0.2) is 48.5 Å². The van der Waals surface area contributed by atoms with Crippen molar-refractivity contribution in [2.45, 2.75) is 31.9 Å². The number of nitriles is 1. The second kappa shape index (κ2) is 9.60. The third-order valence-electron chi connectivity index (χ3n) is 6.15. The summed E-state index contributed by atoms with van der Waals surface area (Å²) in [5.74, 6) is -0.183. The maximum Gasteiger partial charge on any atom is 0.416 e. The van der Waals surface area contributed by atoms with Gasteiger partial charge in [-0.2, -0.15) is 18.4 Å². The first-order valence-corrected chi connectivity index (χ1v) is 11.7. The number of amides is 1. The van der Waals surface area contributed by atoms with Gasteiger partial charge in [0.05, 0.1) is 16.1 Å². The molecule has 2 heterocycles. The molecule has 12 heteroatoms. The highest BCUT2D eigenvalue weighted by Gasteiger charge is 2.34. The number of carbonyl (C=O) groups excluding carboxylic acids is 1. The Morgan fingerprint density at radius 2 is 1.97 bits per heavy atom. The number of nitro groups is 1. The summed E-state index contributed by atoms with van der Waals surface area (Å²) in [6, 6.07) is 4.78. The number of anilines is 2. The monoisotopic (exact) mass is 493 g/mol. The normalized spacial score (nSPS) is 16.2. The first kappa shape index (κ1) is 24.0. The minimum atomic E-state index is -4.65. The van der Waals surface area contributed by atoms with Crippen molar-refractivity contribution in [3.63, 3.8) is 0 Å². The molecule has 1 aliphatic carbocycles. The van der Waals surface area contributed by atoms with Crippen molar-refractivity contribution in [3.8, 4) is 6.07 Å². The lowest BCUT2D eigenvalue weighted by molar-refractivity contribution is -0.384. The average Bonchev–Trinajstić information content (AvgIpc) is 3.37. The van der Waals surface area contributed by atoms with E-state index in [1.54, 1.807) is 4.90 Å². The Bertz CT molecular complexity index is 1150. The molecule has 1 aliphatic heterocycles. The molecular formula is C22H22F3N5O3S. The number of hydrogen-bond donors (Lipinski definition) is 1. The number of benzene rings is 1. The summed E-state index contributed by atoms with van der Waals surface area (Å²) >= 11 is 1.47. The van der Waals surface area contributed by atoms with Crippen LogP contribution in [-0.2, 0) is 23.8 Å². The number of nitrogens with one attached hydrogen (secondary N) is 1. The summed E-state index contributed by atoms with van der Waals surface area (Å²) in [4.78, 5) is 27.9. The van der Waals surface area contributed by atoms with E-state index in [0.29, 0.717) is 49.4 Å². The van der Waals surface area contributed by atoms with E-state index < -0.39 is 22.4 Å². The third-order valence-corrected chi connectivity index (χ3v) is 7.36. The summed E-state index contributed by atoms with van der Waals surface area (Å²) in [5, 5.41) is 24.3. The number of fused-ring (bicyclic) bond motifs is 1. The van der Waals surface area contributed by atoms with E-state index in [-0.39, 0.29) is 18.0 Å². The van der Waals surface area contributed by atoms with Crippen molar-refractivity contribution in [2.24, 2.45) is 0 Å². The van der Waals surface area contributed by atoms with Crippen molar-refractivity contribution in [1.82, 2.24) is 4.90 Å². The zero-order valence-electron chi connectivity index (χ0n) is 18.2. The van der Waals surface area contributed by atoms with Gasteiger partial charge in [-0.25, -0.2) is 0 Å². The second-order valence-electron chi connectivity index (χ2n) is 8.26. The predicted molar refractivity (Wildman–Crippen MR) is 121 cm³/mol. The highest BCUT2D eigenvalue weighted by Crippen LogP contribution is 2.39. The molecule has 1 fully saturated rings. The van der Waals surface area contributed by atoms with E-state index in [1.807, 2.05) is 4.90 Å². The lowest BCUT2D eigenvalue weighted by atomic mass is 10.1. The van der Waals surface area contributed by atoms with Crippen LogP contribution in [0.4, 0.5) is 29.5 Å². The lowest BCUT2D eigenvalue weighted by Gasteiger charge is -2.35. The van der Waals surface area contributed by atoms with Gasteiger partial charge >= 0.3 is 6.18 Å². The zero-order valence-corrected chi connectivity index (χ0v) is 19.0. The second-order valence-corrected chi connectivity index (χ2v) is 9.36. The largest absolute Gasteiger partial charge is 0.416 e. The van der Waals surface area contributed by atoms with Gasteiger partial charge in [0, 0.05) is 50.1 Å². The van der Waals surface area contributed by atoms with Gasteiger partial charge in [0.15, 0.2) is 0 Å². The van der Waals surface area contributed by atoms with Gasteiger partial charge < -0.3 is 10.2 Å². The molecule has 4 rings (SSSR count). The van der Waals surface area contributed by atoms with Gasteiger partial charge in [0.25, 0.3) is 5.69 Å². The lowest BCUT2D eigenvalue weighted by Crippen LogP contribution is -2.47. The number of alkyl halides is 3. The number of piperazine rings is 1. The van der Waals surface area contributed by atoms with E-state index in [9.17, 15) is 33.3 Å². The molecule has 1 aromatic carbocycles. The van der Waals surface area contributed by atoms with E-state index in [2.05, 4.69) is 11.4 Å². The van der Waals surface area contributed by atoms with Crippen LogP contribution < -0.4 is 10.2 Å². The van der Waals surface area contributed by atoms with E-state index in [0.717, 1.165) is 37.0 Å². The van der Waals surface area contributed by atoms with Crippen LogP contribution in [0.1, 0.15) is 34.4 Å². The fourth-order valence-electron chi connectivity index (χ4n) is 4.39. The van der Waals surface area contributed by atoms with Gasteiger partial charge in [-0.1, -0.05) is 0 Å². The Labute approximate surface area is 197 Å². The quantitative estimate of drug-likeness (QED) is 0.478. The van der Waals surface area contributed by atoms with E-state index >= 15 is 0 Å². The number of carbonyl (C=O) groups is 1. The molecule has 0 spiro atoms. The first-order chi connectivity index (χ1) is 16.2. The maximum absolute atomic E-state index is 12.9. The molecule has 1 saturated heterocycles. The van der Waals surface area contributed by atoms with Crippen LogP contribution in [0, 0.1) is 21.4 Å². The van der Waals surface area contributed by atoms with Crippen LogP contribution in [0.3, 0.4) is 0 Å². The van der Waals surface area contributed by atoms with Gasteiger partial charge in [0.2, 0.25) is 5.91 Å². The third kappa shape index (κ3) is 5.00. The molecule has 34 heavy (non-hydrogen) atoms. The van der Waals surface area contributed by atoms with Crippen LogP contribution in [0.15, 0.2) is 18.2 Å². The summed E-state index contributed by atoms with van der Waals surface area (Å²) in [6.07, 6.45) is -1.59. The van der Waals surface area contributed by atoms with Crippen LogP contribution in [0.5, 0.6) is 0 Å². The van der Waals surface area contributed by atoms with Crippen molar-refractivity contribution in [3.05, 3.63) is 49.9 Å². The molecule has 2 aliphatic rings. The summed E-state index contributed by atoms with van der Waals surface area (Å²) in [6.45, 7) is 2.29. The number of nitrogens with zero attached hydrogens (tertiary/aromatic N) is 4. The number of nitro benzene ring substituents is 1. The molecule has 0 saturated carbocycles. The van der Waals surface area contributed by atoms with Gasteiger partial charge in [-0.05, 0) is 37.0 Å². The van der Waals surface area contributed by atoms with Crippen molar-refractivity contribution >= 4 is 33.6 Å². The molecular weight excluding hydrogens is 471 g/mol. The first-order valence-electron chi connectivity index (χ1n) is 10.8. The topological polar surface area (TPSA) is 103 Å². The smallest absolute Gasteiger partial charge is 0.363 e. The zero-order chi connectivity index (χ0) is 24.5. The van der Waals surface area contributed by atoms with Crippen LogP contribution in [0.25, 0.3) is 0 Å². The minimum Gasteiger partial charge on any atom is -0.363 e. The van der Waals surface area contributed by atoms with Gasteiger partial charge in [-0.3, -0.25) is 19.8 Å². The van der Waals surface area contributed by atoms with Gasteiger partial charge in [0.1, 0.15) is 16.8 Å². The molecule has 0 unspecified atom stereocenters. The Morgan fingerprint density at radius 1 is 1.24 bits per heavy atom. The molecule has 1 amide bonds. The molecule has 1 aromatic heterocycles. The summed E-state index contributed by atoms with van der Waals surface area (Å²) in [7, 11) is 0. The number of rotatable bonds is 6. The molecule has 2 aromatic rings. The molecule has 180 valence electrons. The fourth-order valence-corrected chi connectivity index (χ4v) is 5.64. The Hall–Kier alpha value is -3.17. The standard InChI is InChI=1S/C22H22F3N5O3S/c23-22(24,25)14-4-5-17(18(12-14)30(32)33)29-10-8-28(9-11-29)7-6-20(31)27-21-16(13-26)15-2-1-3-19(15)34-21/h4-5,12H,1-3,6-11H2,(H,27,31). The summed E-state index contributed by atoms with van der Waals surface area (Å²) in [5.41, 5.74) is 0.154. The molecule has 0 atom stereocenters. The Morgan fingerprint density at radius 3 is 2.62 bits per heavy atom. The van der Waals surface area contributed by atoms with Crippen LogP contribution >= 0.6 is 11.3 Å². The predicted octanol–water partition coefficient (Wildman–Crippen LogP) is 4.19. The molecule has 0 radical (unpaired) electrons. The Balaban J connectivity index is 1.31.